The van der Waals surface area contributed by atoms with E-state index in [4.69, 9.17) is 0 Å². The molecule has 0 radical (unpaired) electrons. The van der Waals surface area contributed by atoms with Crippen LogP contribution in [0.25, 0.3) is 0 Å². The average Bonchev–Trinajstić information content (AvgIpc) is 2.74. The van der Waals surface area contributed by atoms with Gasteiger partial charge in [0.25, 0.3) is 5.91 Å². The maximum Gasteiger partial charge on any atom is 0.253 e. The summed E-state index contributed by atoms with van der Waals surface area (Å²) in [7, 11) is -1.99. The van der Waals surface area contributed by atoms with Crippen LogP contribution < -0.4 is 4.90 Å². The van der Waals surface area contributed by atoms with Gasteiger partial charge in [0, 0.05) is 50.5 Å². The Kier molecular flexibility index (Phi) is 6.53. The van der Waals surface area contributed by atoms with E-state index in [1.54, 1.807) is 19.2 Å². The highest BCUT2D eigenvalue weighted by molar-refractivity contribution is 7.89. The summed E-state index contributed by atoms with van der Waals surface area (Å²) in [4.78, 5) is 17.3. The molecule has 0 spiro atoms. The van der Waals surface area contributed by atoms with Crippen molar-refractivity contribution in [3.63, 3.8) is 0 Å². The third-order valence-electron chi connectivity index (χ3n) is 5.99. The van der Waals surface area contributed by atoms with E-state index in [-0.39, 0.29) is 16.8 Å². The van der Waals surface area contributed by atoms with Gasteiger partial charge >= 0.3 is 0 Å². The molecule has 0 unspecified atom stereocenters. The molecule has 0 N–H and O–H groups in total. The minimum atomic E-state index is -3.55. The number of carbonyl (C=O) groups is 1. The summed E-state index contributed by atoms with van der Waals surface area (Å²) in [5, 5.41) is 0. The van der Waals surface area contributed by atoms with Crippen LogP contribution in [0.3, 0.4) is 0 Å². The van der Waals surface area contributed by atoms with Crippen LogP contribution in [0, 0.1) is 13.8 Å². The van der Waals surface area contributed by atoms with Crippen molar-refractivity contribution < 1.29 is 13.2 Å². The molecule has 2 aromatic rings. The molecule has 1 fully saturated rings. The number of rotatable bonds is 5. The molecule has 1 heterocycles. The van der Waals surface area contributed by atoms with Crippen LogP contribution >= 0.6 is 0 Å². The fourth-order valence-corrected chi connectivity index (χ4v) is 4.99. The van der Waals surface area contributed by atoms with Gasteiger partial charge in [-0.1, -0.05) is 12.1 Å². The topological polar surface area (TPSA) is 60.9 Å². The summed E-state index contributed by atoms with van der Waals surface area (Å²) < 4.78 is 26.5. The fourth-order valence-electron chi connectivity index (χ4n) is 3.62. The molecular weight excluding hydrogens is 398 g/mol. The Bertz CT molecular complexity index is 1010. The van der Waals surface area contributed by atoms with Crippen LogP contribution in [0.5, 0.6) is 0 Å². The van der Waals surface area contributed by atoms with E-state index in [0.717, 1.165) is 13.1 Å². The second-order valence-electron chi connectivity index (χ2n) is 8.14. The van der Waals surface area contributed by atoms with Crippen LogP contribution in [0.2, 0.25) is 0 Å². The SMILES string of the molecule is Cc1cccc(N2CCN(C(=O)c3ccc(S(=O)(=O)N(C)C(C)C)cc3)CC2)c1C. The molecule has 7 heteroatoms. The summed E-state index contributed by atoms with van der Waals surface area (Å²) in [6.45, 7) is 10.7. The smallest absolute Gasteiger partial charge is 0.253 e. The van der Waals surface area contributed by atoms with Gasteiger partial charge in [0.05, 0.1) is 4.90 Å². The van der Waals surface area contributed by atoms with Gasteiger partial charge in [-0.25, -0.2) is 8.42 Å². The number of hydrogen-bond acceptors (Lipinski definition) is 4. The number of piperazine rings is 1. The van der Waals surface area contributed by atoms with E-state index >= 15 is 0 Å². The minimum Gasteiger partial charge on any atom is -0.368 e. The molecule has 0 bridgehead atoms. The molecule has 2 aromatic carbocycles. The van der Waals surface area contributed by atoms with E-state index in [2.05, 4.69) is 36.9 Å². The number of hydrogen-bond donors (Lipinski definition) is 0. The summed E-state index contributed by atoms with van der Waals surface area (Å²) >= 11 is 0. The van der Waals surface area contributed by atoms with Crippen molar-refractivity contribution in [3.05, 3.63) is 59.2 Å². The number of carbonyl (C=O) groups excluding carboxylic acids is 1. The maximum absolute atomic E-state index is 12.9. The van der Waals surface area contributed by atoms with Crippen LogP contribution in [-0.2, 0) is 10.0 Å². The van der Waals surface area contributed by atoms with E-state index in [9.17, 15) is 13.2 Å². The van der Waals surface area contributed by atoms with E-state index in [0.29, 0.717) is 18.7 Å². The highest BCUT2D eigenvalue weighted by Gasteiger charge is 2.25. The molecule has 6 nitrogen and oxygen atoms in total. The fraction of sp³-hybridized carbons (Fsp3) is 0.435. The van der Waals surface area contributed by atoms with Gasteiger partial charge in [0.2, 0.25) is 10.0 Å². The third-order valence-corrected chi connectivity index (χ3v) is 8.04. The molecule has 1 aliphatic heterocycles. The summed E-state index contributed by atoms with van der Waals surface area (Å²) in [5.74, 6) is -0.0585. The van der Waals surface area contributed by atoms with E-state index < -0.39 is 10.0 Å². The number of nitrogens with zero attached hydrogens (tertiary/aromatic N) is 3. The van der Waals surface area contributed by atoms with Gasteiger partial charge in [-0.15, -0.1) is 0 Å². The molecule has 1 aliphatic rings. The van der Waals surface area contributed by atoms with E-state index in [1.807, 2.05) is 18.7 Å². The Labute approximate surface area is 180 Å². The van der Waals surface area contributed by atoms with Crippen molar-refractivity contribution >= 4 is 21.6 Å². The summed E-state index contributed by atoms with van der Waals surface area (Å²) in [6.07, 6.45) is 0. The van der Waals surface area contributed by atoms with Gasteiger partial charge < -0.3 is 9.80 Å². The Hall–Kier alpha value is -2.38. The van der Waals surface area contributed by atoms with Crippen molar-refractivity contribution in [2.24, 2.45) is 0 Å². The first-order valence-corrected chi connectivity index (χ1v) is 11.8. The van der Waals surface area contributed by atoms with Crippen molar-refractivity contribution in [3.8, 4) is 0 Å². The molecule has 0 aromatic heterocycles. The second-order valence-corrected chi connectivity index (χ2v) is 10.1. The standard InChI is InChI=1S/C23H31N3O3S/c1-17(2)24(5)30(28,29)21-11-9-20(10-12-21)23(27)26-15-13-25(14-16-26)22-8-6-7-18(3)19(22)4/h6-12,17H,13-16H2,1-5H3. The molecule has 162 valence electrons. The minimum absolute atomic E-state index is 0.0585. The predicted octanol–water partition coefficient (Wildman–Crippen LogP) is 3.29. The predicted molar refractivity (Wildman–Crippen MR) is 121 cm³/mol. The lowest BCUT2D eigenvalue weighted by atomic mass is 10.1. The number of sulfonamides is 1. The summed E-state index contributed by atoms with van der Waals surface area (Å²) in [5.41, 5.74) is 4.29. The van der Waals surface area contributed by atoms with Crippen LogP contribution in [-0.4, -0.2) is 62.8 Å². The van der Waals surface area contributed by atoms with Gasteiger partial charge in [0.1, 0.15) is 0 Å². The number of amides is 1. The molecule has 30 heavy (non-hydrogen) atoms. The van der Waals surface area contributed by atoms with Crippen molar-refractivity contribution in [2.45, 2.75) is 38.6 Å². The lowest BCUT2D eigenvalue weighted by Crippen LogP contribution is -2.49. The average molecular weight is 430 g/mol. The first-order chi connectivity index (χ1) is 14.1. The number of aryl methyl sites for hydroxylation is 1. The van der Waals surface area contributed by atoms with Crippen LogP contribution in [0.15, 0.2) is 47.4 Å². The zero-order chi connectivity index (χ0) is 22.1. The lowest BCUT2D eigenvalue weighted by molar-refractivity contribution is 0.0746. The zero-order valence-corrected chi connectivity index (χ0v) is 19.2. The molecule has 0 saturated carbocycles. The molecular formula is C23H31N3O3S. The normalized spacial score (nSPS) is 15.2. The number of benzene rings is 2. The van der Waals surface area contributed by atoms with E-state index in [1.165, 1.54) is 33.3 Å². The Morgan fingerprint density at radius 1 is 0.967 bits per heavy atom. The Balaban J connectivity index is 1.68. The van der Waals surface area contributed by atoms with Crippen LogP contribution in [0.1, 0.15) is 35.3 Å². The largest absolute Gasteiger partial charge is 0.368 e. The molecule has 1 amide bonds. The molecule has 0 aliphatic carbocycles. The lowest BCUT2D eigenvalue weighted by Gasteiger charge is -2.37. The molecule has 3 rings (SSSR count). The maximum atomic E-state index is 12.9. The highest BCUT2D eigenvalue weighted by atomic mass is 32.2. The first kappa shape index (κ1) is 22.3. The monoisotopic (exact) mass is 429 g/mol. The Morgan fingerprint density at radius 3 is 2.13 bits per heavy atom. The van der Waals surface area contributed by atoms with Gasteiger partial charge in [0.15, 0.2) is 0 Å². The van der Waals surface area contributed by atoms with Crippen molar-refractivity contribution in [2.75, 3.05) is 38.1 Å². The highest BCUT2D eigenvalue weighted by Crippen LogP contribution is 2.24. The van der Waals surface area contributed by atoms with Gasteiger partial charge in [-0.05, 0) is 69.2 Å². The molecule has 0 atom stereocenters. The zero-order valence-electron chi connectivity index (χ0n) is 18.4. The quantitative estimate of drug-likeness (QED) is 0.732. The Morgan fingerprint density at radius 2 is 1.57 bits per heavy atom. The number of anilines is 1. The first-order valence-electron chi connectivity index (χ1n) is 10.3. The van der Waals surface area contributed by atoms with Crippen molar-refractivity contribution in [1.82, 2.24) is 9.21 Å². The van der Waals surface area contributed by atoms with Crippen LogP contribution in [0.4, 0.5) is 5.69 Å². The third kappa shape index (κ3) is 4.37. The summed E-state index contributed by atoms with van der Waals surface area (Å²) in [6, 6.07) is 12.4. The van der Waals surface area contributed by atoms with Gasteiger partial charge in [-0.2, -0.15) is 4.31 Å². The van der Waals surface area contributed by atoms with Gasteiger partial charge in [-0.3, -0.25) is 4.79 Å². The van der Waals surface area contributed by atoms with Crippen molar-refractivity contribution in [1.29, 1.82) is 0 Å². The molecule has 1 saturated heterocycles. The second kappa shape index (κ2) is 8.78.